The van der Waals surface area contributed by atoms with Crippen molar-refractivity contribution in [3.8, 4) is 11.5 Å². The summed E-state index contributed by atoms with van der Waals surface area (Å²) in [6, 6.07) is 25.3. The molecule has 0 spiro atoms. The summed E-state index contributed by atoms with van der Waals surface area (Å²) in [6.07, 6.45) is 0.774. The van der Waals surface area contributed by atoms with Gasteiger partial charge in [-0.3, -0.25) is 4.79 Å². The van der Waals surface area contributed by atoms with Gasteiger partial charge in [-0.15, -0.1) is 0 Å². The van der Waals surface area contributed by atoms with Crippen molar-refractivity contribution < 1.29 is 14.6 Å². The predicted octanol–water partition coefficient (Wildman–Crippen LogP) is 3.71. The summed E-state index contributed by atoms with van der Waals surface area (Å²) in [6.45, 7) is 2.90. The van der Waals surface area contributed by atoms with Gasteiger partial charge in [-0.05, 0) is 41.5 Å². The topological polar surface area (TPSA) is 53.0 Å². The van der Waals surface area contributed by atoms with Gasteiger partial charge in [-0.25, -0.2) is 0 Å². The number of phenols is 1. The number of hydrogen-bond donors (Lipinski definition) is 1. The number of carbonyl (C=O) groups is 1. The van der Waals surface area contributed by atoms with E-state index in [1.54, 1.807) is 12.1 Å². The van der Waals surface area contributed by atoms with E-state index in [2.05, 4.69) is 17.0 Å². The van der Waals surface area contributed by atoms with Crippen LogP contribution in [0.5, 0.6) is 11.5 Å². The summed E-state index contributed by atoms with van der Waals surface area (Å²) < 4.78 is 5.92. The highest BCUT2D eigenvalue weighted by Gasteiger charge is 2.22. The second kappa shape index (κ2) is 9.35. The normalized spacial score (nSPS) is 13.9. The molecule has 5 nitrogen and oxygen atoms in total. The molecule has 1 N–H and O–H groups in total. The van der Waals surface area contributed by atoms with Gasteiger partial charge in [-0.2, -0.15) is 0 Å². The maximum absolute atomic E-state index is 12.7. The molecule has 154 valence electrons. The molecular formula is C25H26N2O3. The molecule has 0 aromatic heterocycles. The number of para-hydroxylation sites is 1. The first-order valence-electron chi connectivity index (χ1n) is 10.3. The largest absolute Gasteiger partial charge is 0.508 e. The van der Waals surface area contributed by atoms with Crippen LogP contribution in [0.4, 0.5) is 5.69 Å². The first-order chi connectivity index (χ1) is 14.7. The summed E-state index contributed by atoms with van der Waals surface area (Å²) in [7, 11) is 0. The van der Waals surface area contributed by atoms with E-state index in [-0.39, 0.29) is 18.3 Å². The van der Waals surface area contributed by atoms with Gasteiger partial charge in [-0.1, -0.05) is 48.5 Å². The molecule has 1 fully saturated rings. The molecule has 1 amide bonds. The zero-order valence-corrected chi connectivity index (χ0v) is 16.9. The molecule has 0 aliphatic carbocycles. The third kappa shape index (κ3) is 4.92. The molecular weight excluding hydrogens is 376 g/mol. The van der Waals surface area contributed by atoms with E-state index in [0.717, 1.165) is 36.5 Å². The van der Waals surface area contributed by atoms with E-state index in [9.17, 15) is 9.90 Å². The lowest BCUT2D eigenvalue weighted by Gasteiger charge is -2.36. The van der Waals surface area contributed by atoms with Gasteiger partial charge in [0.25, 0.3) is 5.91 Å². The number of amides is 1. The highest BCUT2D eigenvalue weighted by molar-refractivity contribution is 5.78. The lowest BCUT2D eigenvalue weighted by Crippen LogP contribution is -2.50. The van der Waals surface area contributed by atoms with Crippen LogP contribution < -0.4 is 9.64 Å². The summed E-state index contributed by atoms with van der Waals surface area (Å²) in [4.78, 5) is 16.8. The molecule has 3 aromatic rings. The predicted molar refractivity (Wildman–Crippen MR) is 118 cm³/mol. The average Bonchev–Trinajstić information content (AvgIpc) is 2.80. The number of anilines is 1. The number of nitrogens with zero attached hydrogens (tertiary/aromatic N) is 2. The molecule has 30 heavy (non-hydrogen) atoms. The van der Waals surface area contributed by atoms with Crippen molar-refractivity contribution in [1.29, 1.82) is 0 Å². The van der Waals surface area contributed by atoms with Crippen LogP contribution in [0.1, 0.15) is 11.1 Å². The molecule has 5 heteroatoms. The van der Waals surface area contributed by atoms with Crippen molar-refractivity contribution in [3.63, 3.8) is 0 Å². The Hall–Kier alpha value is -3.47. The third-order valence-electron chi connectivity index (χ3n) is 5.41. The standard InChI is InChI=1S/C25H26N2O3/c28-23-12-10-22(11-13-23)26-14-16-27(17-15-26)25(29)19-30-24-9-5-4-8-21(24)18-20-6-2-1-3-7-20/h1-13,28H,14-19H2. The van der Waals surface area contributed by atoms with E-state index < -0.39 is 0 Å². The molecule has 1 heterocycles. The number of rotatable bonds is 6. The Bertz CT molecular complexity index is 965. The molecule has 3 aromatic carbocycles. The molecule has 0 bridgehead atoms. The molecule has 0 radical (unpaired) electrons. The maximum Gasteiger partial charge on any atom is 0.260 e. The SMILES string of the molecule is O=C(COc1ccccc1Cc1ccccc1)N1CCN(c2ccc(O)cc2)CC1. The van der Waals surface area contributed by atoms with Crippen molar-refractivity contribution in [1.82, 2.24) is 4.90 Å². The molecule has 0 saturated carbocycles. The first-order valence-corrected chi connectivity index (χ1v) is 10.3. The fourth-order valence-corrected chi connectivity index (χ4v) is 3.71. The van der Waals surface area contributed by atoms with E-state index in [4.69, 9.17) is 4.74 Å². The van der Waals surface area contributed by atoms with Crippen LogP contribution in [0.15, 0.2) is 78.9 Å². The zero-order valence-electron chi connectivity index (χ0n) is 16.9. The molecule has 0 unspecified atom stereocenters. The minimum absolute atomic E-state index is 0.00914. The summed E-state index contributed by atoms with van der Waals surface area (Å²) in [5.74, 6) is 1.03. The highest BCUT2D eigenvalue weighted by atomic mass is 16.5. The van der Waals surface area contributed by atoms with E-state index in [1.165, 1.54) is 5.56 Å². The minimum atomic E-state index is 0.00914. The van der Waals surface area contributed by atoms with Crippen molar-refractivity contribution >= 4 is 11.6 Å². The monoisotopic (exact) mass is 402 g/mol. The second-order valence-corrected chi connectivity index (χ2v) is 7.44. The fraction of sp³-hybridized carbons (Fsp3) is 0.240. The smallest absolute Gasteiger partial charge is 0.260 e. The Morgan fingerprint density at radius 2 is 1.50 bits per heavy atom. The fourth-order valence-electron chi connectivity index (χ4n) is 3.71. The molecule has 1 aliphatic heterocycles. The van der Waals surface area contributed by atoms with Crippen molar-refractivity contribution in [2.45, 2.75) is 6.42 Å². The lowest BCUT2D eigenvalue weighted by atomic mass is 10.0. The van der Waals surface area contributed by atoms with Gasteiger partial charge < -0.3 is 19.6 Å². The molecule has 1 aliphatic rings. The number of piperazine rings is 1. The Balaban J connectivity index is 1.31. The Morgan fingerprint density at radius 1 is 0.833 bits per heavy atom. The Labute approximate surface area is 177 Å². The van der Waals surface area contributed by atoms with Crippen LogP contribution in [-0.4, -0.2) is 48.7 Å². The van der Waals surface area contributed by atoms with Crippen LogP contribution in [0, 0.1) is 0 Å². The third-order valence-corrected chi connectivity index (χ3v) is 5.41. The highest BCUT2D eigenvalue weighted by Crippen LogP contribution is 2.22. The van der Waals surface area contributed by atoms with E-state index in [0.29, 0.717) is 13.1 Å². The number of carbonyl (C=O) groups excluding carboxylic acids is 1. The average molecular weight is 402 g/mol. The number of benzene rings is 3. The van der Waals surface area contributed by atoms with Crippen LogP contribution in [0.2, 0.25) is 0 Å². The summed E-state index contributed by atoms with van der Waals surface area (Å²) >= 11 is 0. The Morgan fingerprint density at radius 3 is 2.23 bits per heavy atom. The number of hydrogen-bond acceptors (Lipinski definition) is 4. The van der Waals surface area contributed by atoms with Gasteiger partial charge in [0.1, 0.15) is 11.5 Å². The maximum atomic E-state index is 12.7. The van der Waals surface area contributed by atoms with Gasteiger partial charge in [0.2, 0.25) is 0 Å². The molecule has 0 atom stereocenters. The second-order valence-electron chi connectivity index (χ2n) is 7.44. The Kier molecular flexibility index (Phi) is 6.18. The van der Waals surface area contributed by atoms with Crippen molar-refractivity contribution in [2.75, 3.05) is 37.7 Å². The number of aromatic hydroxyl groups is 1. The van der Waals surface area contributed by atoms with Crippen molar-refractivity contribution in [2.24, 2.45) is 0 Å². The summed E-state index contributed by atoms with van der Waals surface area (Å²) in [5.41, 5.74) is 3.35. The van der Waals surface area contributed by atoms with Gasteiger partial charge >= 0.3 is 0 Å². The quantitative estimate of drug-likeness (QED) is 0.683. The lowest BCUT2D eigenvalue weighted by molar-refractivity contribution is -0.133. The van der Waals surface area contributed by atoms with Crippen LogP contribution in [-0.2, 0) is 11.2 Å². The molecule has 1 saturated heterocycles. The van der Waals surface area contributed by atoms with E-state index >= 15 is 0 Å². The van der Waals surface area contributed by atoms with E-state index in [1.807, 2.05) is 59.5 Å². The number of ether oxygens (including phenoxy) is 1. The van der Waals surface area contributed by atoms with Crippen molar-refractivity contribution in [3.05, 3.63) is 90.0 Å². The molecule has 4 rings (SSSR count). The van der Waals surface area contributed by atoms with Crippen LogP contribution in [0.25, 0.3) is 0 Å². The minimum Gasteiger partial charge on any atom is -0.508 e. The first kappa shape index (κ1) is 19.8. The number of phenolic OH excluding ortho intramolecular Hbond substituents is 1. The van der Waals surface area contributed by atoms with Gasteiger partial charge in [0.15, 0.2) is 6.61 Å². The van der Waals surface area contributed by atoms with Crippen LogP contribution in [0.3, 0.4) is 0 Å². The zero-order chi connectivity index (χ0) is 20.8. The summed E-state index contributed by atoms with van der Waals surface area (Å²) in [5, 5.41) is 9.44. The van der Waals surface area contributed by atoms with Crippen LogP contribution >= 0.6 is 0 Å². The van der Waals surface area contributed by atoms with Gasteiger partial charge in [0.05, 0.1) is 0 Å². The van der Waals surface area contributed by atoms with Gasteiger partial charge in [0, 0.05) is 38.3 Å².